The van der Waals surface area contributed by atoms with Gasteiger partial charge in [0.25, 0.3) is 5.91 Å². The smallest absolute Gasteiger partial charge is 0.253 e. The van der Waals surface area contributed by atoms with Crippen LogP contribution in [0.25, 0.3) is 11.0 Å². The van der Waals surface area contributed by atoms with E-state index in [0.717, 1.165) is 10.4 Å². The van der Waals surface area contributed by atoms with Gasteiger partial charge in [-0.15, -0.1) is 11.3 Å². The predicted octanol–water partition coefficient (Wildman–Crippen LogP) is 2.55. The van der Waals surface area contributed by atoms with E-state index in [-0.39, 0.29) is 5.91 Å². The van der Waals surface area contributed by atoms with Crippen molar-refractivity contribution < 1.29 is 4.79 Å². The average Bonchev–Trinajstić information content (AvgIpc) is 3.05. The normalized spacial score (nSPS) is 10.7. The summed E-state index contributed by atoms with van der Waals surface area (Å²) in [6.45, 7) is 0.553. The van der Waals surface area contributed by atoms with E-state index in [9.17, 15) is 4.79 Å². The van der Waals surface area contributed by atoms with Crippen molar-refractivity contribution >= 4 is 28.3 Å². The van der Waals surface area contributed by atoms with E-state index in [1.165, 1.54) is 0 Å². The second kappa shape index (κ2) is 4.62. The van der Waals surface area contributed by atoms with Crippen LogP contribution < -0.4 is 5.32 Å². The molecular formula is C13H11N3OS. The molecule has 2 heterocycles. The molecule has 0 radical (unpaired) electrons. The van der Waals surface area contributed by atoms with Gasteiger partial charge in [-0.2, -0.15) is 0 Å². The molecule has 4 nitrogen and oxygen atoms in total. The molecule has 0 saturated heterocycles. The van der Waals surface area contributed by atoms with Crippen molar-refractivity contribution in [2.45, 2.75) is 6.54 Å². The Morgan fingerprint density at radius 3 is 3.11 bits per heavy atom. The topological polar surface area (TPSA) is 57.8 Å². The molecule has 1 aromatic carbocycles. The van der Waals surface area contributed by atoms with Gasteiger partial charge in [-0.1, -0.05) is 12.1 Å². The number of para-hydroxylation sites is 1. The van der Waals surface area contributed by atoms with Crippen molar-refractivity contribution in [3.8, 4) is 0 Å². The Bertz CT molecular complexity index is 672. The molecule has 0 aliphatic rings. The van der Waals surface area contributed by atoms with Crippen LogP contribution in [0.1, 0.15) is 15.2 Å². The molecule has 0 aliphatic heterocycles. The number of thiophene rings is 1. The maximum atomic E-state index is 12.1. The lowest BCUT2D eigenvalue weighted by molar-refractivity contribution is 0.0953. The lowest BCUT2D eigenvalue weighted by Crippen LogP contribution is -2.22. The summed E-state index contributed by atoms with van der Waals surface area (Å²) in [6, 6.07) is 9.51. The third kappa shape index (κ3) is 2.00. The maximum absolute atomic E-state index is 12.1. The molecule has 0 spiro atoms. The summed E-state index contributed by atoms with van der Waals surface area (Å²) in [7, 11) is 0. The first kappa shape index (κ1) is 11.0. The molecule has 0 atom stereocenters. The molecule has 3 aromatic rings. The Morgan fingerprint density at radius 1 is 1.33 bits per heavy atom. The van der Waals surface area contributed by atoms with Gasteiger partial charge in [0.15, 0.2) is 0 Å². The summed E-state index contributed by atoms with van der Waals surface area (Å²) < 4.78 is 0. The quantitative estimate of drug-likeness (QED) is 0.757. The number of imidazole rings is 1. The third-order valence-electron chi connectivity index (χ3n) is 2.70. The standard InChI is InChI=1S/C13H11N3OS/c17-13(14-7-9-3-2-6-18-9)10-4-1-5-11-12(10)16-8-15-11/h1-6,8H,7H2,(H,14,17)(H,15,16). The van der Waals surface area contributed by atoms with E-state index in [1.54, 1.807) is 23.7 Å². The highest BCUT2D eigenvalue weighted by Gasteiger charge is 2.11. The number of benzene rings is 1. The fourth-order valence-corrected chi connectivity index (χ4v) is 2.47. The highest BCUT2D eigenvalue weighted by Crippen LogP contribution is 2.15. The molecule has 90 valence electrons. The number of aromatic nitrogens is 2. The van der Waals surface area contributed by atoms with Gasteiger partial charge < -0.3 is 10.3 Å². The van der Waals surface area contributed by atoms with Gasteiger partial charge in [0.05, 0.1) is 24.0 Å². The molecule has 0 aliphatic carbocycles. The van der Waals surface area contributed by atoms with E-state index in [2.05, 4.69) is 15.3 Å². The van der Waals surface area contributed by atoms with Gasteiger partial charge in [0, 0.05) is 4.88 Å². The number of aromatic amines is 1. The molecular weight excluding hydrogens is 246 g/mol. The third-order valence-corrected chi connectivity index (χ3v) is 3.57. The number of H-pyrrole nitrogens is 1. The lowest BCUT2D eigenvalue weighted by atomic mass is 10.1. The number of carbonyl (C=O) groups is 1. The SMILES string of the molecule is O=C(NCc1cccs1)c1cccc2[nH]cnc12. The van der Waals surface area contributed by atoms with Gasteiger partial charge in [-0.25, -0.2) is 4.98 Å². The van der Waals surface area contributed by atoms with E-state index in [0.29, 0.717) is 17.6 Å². The van der Waals surface area contributed by atoms with Crippen molar-refractivity contribution in [2.24, 2.45) is 0 Å². The first-order valence-electron chi connectivity index (χ1n) is 5.57. The number of hydrogen-bond acceptors (Lipinski definition) is 3. The lowest BCUT2D eigenvalue weighted by Gasteiger charge is -2.04. The summed E-state index contributed by atoms with van der Waals surface area (Å²) in [6.07, 6.45) is 1.60. The van der Waals surface area contributed by atoms with Gasteiger partial charge in [-0.3, -0.25) is 4.79 Å². The number of hydrogen-bond donors (Lipinski definition) is 2. The zero-order valence-corrected chi connectivity index (χ0v) is 10.3. The van der Waals surface area contributed by atoms with Gasteiger partial charge in [0.1, 0.15) is 5.52 Å². The molecule has 1 amide bonds. The number of carbonyl (C=O) groups excluding carboxylic acids is 1. The summed E-state index contributed by atoms with van der Waals surface area (Å²) in [5, 5.41) is 4.90. The van der Waals surface area contributed by atoms with Crippen molar-refractivity contribution in [3.63, 3.8) is 0 Å². The summed E-state index contributed by atoms with van der Waals surface area (Å²) in [4.78, 5) is 20.4. The minimum Gasteiger partial charge on any atom is -0.347 e. The summed E-state index contributed by atoms with van der Waals surface area (Å²) in [5.41, 5.74) is 2.19. The first-order valence-corrected chi connectivity index (χ1v) is 6.45. The number of fused-ring (bicyclic) bond motifs is 1. The van der Waals surface area contributed by atoms with Crippen molar-refractivity contribution in [1.29, 1.82) is 0 Å². The molecule has 5 heteroatoms. The number of amides is 1. The molecule has 0 bridgehead atoms. The molecule has 0 fully saturated rings. The molecule has 0 unspecified atom stereocenters. The van der Waals surface area contributed by atoms with Crippen LogP contribution in [0.15, 0.2) is 42.0 Å². The zero-order chi connectivity index (χ0) is 12.4. The fourth-order valence-electron chi connectivity index (χ4n) is 1.82. The van der Waals surface area contributed by atoms with Crippen LogP contribution in [0.3, 0.4) is 0 Å². The van der Waals surface area contributed by atoms with E-state index in [4.69, 9.17) is 0 Å². The van der Waals surface area contributed by atoms with Gasteiger partial charge in [-0.05, 0) is 23.6 Å². The highest BCUT2D eigenvalue weighted by atomic mass is 32.1. The van der Waals surface area contributed by atoms with Crippen LogP contribution in [-0.2, 0) is 6.54 Å². The number of rotatable bonds is 3. The largest absolute Gasteiger partial charge is 0.347 e. The van der Waals surface area contributed by atoms with Crippen LogP contribution in [-0.4, -0.2) is 15.9 Å². The Morgan fingerprint density at radius 2 is 2.28 bits per heavy atom. The summed E-state index contributed by atoms with van der Waals surface area (Å²) >= 11 is 1.63. The van der Waals surface area contributed by atoms with Crippen LogP contribution in [0.2, 0.25) is 0 Å². The maximum Gasteiger partial charge on any atom is 0.253 e. The molecule has 0 saturated carbocycles. The fraction of sp³-hybridized carbons (Fsp3) is 0.0769. The van der Waals surface area contributed by atoms with Crippen LogP contribution in [0.4, 0.5) is 0 Å². The van der Waals surface area contributed by atoms with Crippen LogP contribution in [0.5, 0.6) is 0 Å². The monoisotopic (exact) mass is 257 g/mol. The van der Waals surface area contributed by atoms with E-state index < -0.39 is 0 Å². The van der Waals surface area contributed by atoms with Gasteiger partial charge in [0.2, 0.25) is 0 Å². The molecule has 2 aromatic heterocycles. The van der Waals surface area contributed by atoms with Crippen LogP contribution in [0, 0.1) is 0 Å². The molecule has 2 N–H and O–H groups in total. The average molecular weight is 257 g/mol. The Kier molecular flexibility index (Phi) is 2.82. The van der Waals surface area contributed by atoms with Gasteiger partial charge >= 0.3 is 0 Å². The number of nitrogens with zero attached hydrogens (tertiary/aromatic N) is 1. The Labute approximate surface area is 108 Å². The second-order valence-electron chi connectivity index (χ2n) is 3.87. The van der Waals surface area contributed by atoms with Crippen molar-refractivity contribution in [1.82, 2.24) is 15.3 Å². The number of nitrogens with one attached hydrogen (secondary N) is 2. The van der Waals surface area contributed by atoms with E-state index >= 15 is 0 Å². The zero-order valence-electron chi connectivity index (χ0n) is 9.51. The second-order valence-corrected chi connectivity index (χ2v) is 4.90. The predicted molar refractivity (Wildman–Crippen MR) is 71.6 cm³/mol. The Balaban J connectivity index is 1.81. The summed E-state index contributed by atoms with van der Waals surface area (Å²) in [5.74, 6) is -0.0962. The first-order chi connectivity index (χ1) is 8.84. The van der Waals surface area contributed by atoms with Crippen molar-refractivity contribution in [3.05, 3.63) is 52.5 Å². The van der Waals surface area contributed by atoms with Crippen LogP contribution >= 0.6 is 11.3 Å². The van der Waals surface area contributed by atoms with E-state index in [1.807, 2.05) is 29.6 Å². The minimum atomic E-state index is -0.0962. The Hall–Kier alpha value is -2.14. The van der Waals surface area contributed by atoms with Crippen molar-refractivity contribution in [2.75, 3.05) is 0 Å². The minimum absolute atomic E-state index is 0.0962. The highest BCUT2D eigenvalue weighted by molar-refractivity contribution is 7.09. The molecule has 18 heavy (non-hydrogen) atoms. The molecule has 3 rings (SSSR count).